The Labute approximate surface area is 164 Å². The number of ether oxygens (including phenoxy) is 1. The Kier molecular flexibility index (Phi) is 4.69. The number of rotatable bonds is 7. The molecular formula is C19H17ClF3N3O2. The molecule has 0 aliphatic heterocycles. The quantitative estimate of drug-likeness (QED) is 0.751. The van der Waals surface area contributed by atoms with Crippen molar-refractivity contribution in [1.82, 2.24) is 15.3 Å². The van der Waals surface area contributed by atoms with Gasteiger partial charge in [-0.2, -0.15) is 0 Å². The second kappa shape index (κ2) is 6.92. The fourth-order valence-corrected chi connectivity index (χ4v) is 4.44. The van der Waals surface area contributed by atoms with Crippen LogP contribution in [0, 0.1) is 11.2 Å². The van der Waals surface area contributed by atoms with E-state index < -0.39 is 12.2 Å². The van der Waals surface area contributed by atoms with Crippen molar-refractivity contribution in [3.8, 4) is 5.75 Å². The molecule has 28 heavy (non-hydrogen) atoms. The number of halogens is 4. The van der Waals surface area contributed by atoms with Gasteiger partial charge in [-0.1, -0.05) is 11.6 Å². The summed E-state index contributed by atoms with van der Waals surface area (Å²) < 4.78 is 43.7. The molecule has 0 radical (unpaired) electrons. The SMILES string of the molecule is O=C(COc1ccc(Cl)c(F)c1)NC12CC(Cc3cnc(C(F)F)cn3)(C1)C2. The van der Waals surface area contributed by atoms with Gasteiger partial charge in [0.1, 0.15) is 17.3 Å². The van der Waals surface area contributed by atoms with Crippen LogP contribution in [0.2, 0.25) is 5.02 Å². The van der Waals surface area contributed by atoms with E-state index in [-0.39, 0.29) is 39.9 Å². The Bertz CT molecular complexity index is 888. The van der Waals surface area contributed by atoms with E-state index in [4.69, 9.17) is 16.3 Å². The zero-order valence-corrected chi connectivity index (χ0v) is 15.5. The summed E-state index contributed by atoms with van der Waals surface area (Å²) in [5.74, 6) is -0.646. The van der Waals surface area contributed by atoms with Crippen LogP contribution in [-0.2, 0) is 11.2 Å². The average Bonchev–Trinajstić information content (AvgIpc) is 2.60. The molecule has 2 bridgehead atoms. The van der Waals surface area contributed by atoms with E-state index in [1.54, 1.807) is 0 Å². The van der Waals surface area contributed by atoms with Gasteiger partial charge in [-0.15, -0.1) is 0 Å². The molecule has 0 atom stereocenters. The van der Waals surface area contributed by atoms with E-state index in [1.165, 1.54) is 18.3 Å². The van der Waals surface area contributed by atoms with Gasteiger partial charge in [-0.3, -0.25) is 14.8 Å². The predicted octanol–water partition coefficient (Wildman–Crippen LogP) is 3.87. The lowest BCUT2D eigenvalue weighted by Crippen LogP contribution is -2.75. The van der Waals surface area contributed by atoms with Gasteiger partial charge in [0.25, 0.3) is 12.3 Å². The fourth-order valence-electron chi connectivity index (χ4n) is 4.32. The molecule has 5 nitrogen and oxygen atoms in total. The molecule has 3 fully saturated rings. The molecule has 1 aromatic carbocycles. The molecule has 1 N–H and O–H groups in total. The van der Waals surface area contributed by atoms with E-state index in [9.17, 15) is 18.0 Å². The lowest BCUT2D eigenvalue weighted by atomic mass is 9.38. The summed E-state index contributed by atoms with van der Waals surface area (Å²) in [5, 5.41) is 2.96. The number of nitrogens with zero attached hydrogens (tertiary/aromatic N) is 2. The number of nitrogens with one attached hydrogen (secondary N) is 1. The summed E-state index contributed by atoms with van der Waals surface area (Å²) in [4.78, 5) is 19.9. The van der Waals surface area contributed by atoms with Crippen LogP contribution < -0.4 is 10.1 Å². The second-order valence-electron chi connectivity index (χ2n) is 7.63. The Balaban J connectivity index is 1.24. The van der Waals surface area contributed by atoms with Crippen molar-refractivity contribution >= 4 is 17.5 Å². The van der Waals surface area contributed by atoms with Crippen LogP contribution in [0.3, 0.4) is 0 Å². The molecule has 9 heteroatoms. The lowest BCUT2D eigenvalue weighted by molar-refractivity contribution is -0.166. The number of carbonyl (C=O) groups is 1. The molecule has 148 valence electrons. The summed E-state index contributed by atoms with van der Waals surface area (Å²) in [5.41, 5.74) is 0.166. The highest BCUT2D eigenvalue weighted by Crippen LogP contribution is 2.68. The highest BCUT2D eigenvalue weighted by Gasteiger charge is 2.68. The van der Waals surface area contributed by atoms with Gasteiger partial charge in [0.15, 0.2) is 6.61 Å². The minimum Gasteiger partial charge on any atom is -0.484 e. The van der Waals surface area contributed by atoms with E-state index in [0.717, 1.165) is 31.5 Å². The normalized spacial score (nSPS) is 25.0. The minimum absolute atomic E-state index is 0.00972. The van der Waals surface area contributed by atoms with Crippen molar-refractivity contribution in [2.45, 2.75) is 37.6 Å². The molecule has 3 aliphatic carbocycles. The number of hydrogen-bond donors (Lipinski definition) is 1. The zero-order valence-electron chi connectivity index (χ0n) is 14.7. The smallest absolute Gasteiger partial charge is 0.281 e. The summed E-state index contributed by atoms with van der Waals surface area (Å²) in [6.45, 7) is -0.212. The summed E-state index contributed by atoms with van der Waals surface area (Å²) in [6, 6.07) is 3.99. The van der Waals surface area contributed by atoms with Gasteiger partial charge < -0.3 is 10.1 Å². The second-order valence-corrected chi connectivity index (χ2v) is 8.04. The maximum absolute atomic E-state index is 13.4. The molecule has 0 spiro atoms. The van der Waals surface area contributed by atoms with Crippen LogP contribution in [0.15, 0.2) is 30.6 Å². The van der Waals surface area contributed by atoms with Crippen LogP contribution in [0.25, 0.3) is 0 Å². The molecule has 3 aliphatic rings. The summed E-state index contributed by atoms with van der Waals surface area (Å²) in [7, 11) is 0. The Hall–Kier alpha value is -2.35. The van der Waals surface area contributed by atoms with Crippen LogP contribution >= 0.6 is 11.6 Å². The van der Waals surface area contributed by atoms with Gasteiger partial charge in [0.2, 0.25) is 0 Å². The van der Waals surface area contributed by atoms with Crippen molar-refractivity contribution in [3.63, 3.8) is 0 Å². The largest absolute Gasteiger partial charge is 0.484 e. The topological polar surface area (TPSA) is 64.1 Å². The highest BCUT2D eigenvalue weighted by atomic mass is 35.5. The minimum atomic E-state index is -2.62. The van der Waals surface area contributed by atoms with Gasteiger partial charge in [0, 0.05) is 17.8 Å². The van der Waals surface area contributed by atoms with Crippen molar-refractivity contribution in [2.75, 3.05) is 6.61 Å². The van der Waals surface area contributed by atoms with Crippen LogP contribution in [0.1, 0.15) is 37.1 Å². The number of carbonyl (C=O) groups excluding carboxylic acids is 1. The third-order valence-corrected chi connectivity index (χ3v) is 5.62. The molecule has 2 aromatic rings. The monoisotopic (exact) mass is 411 g/mol. The molecular weight excluding hydrogens is 395 g/mol. The summed E-state index contributed by atoms with van der Waals surface area (Å²) in [6.07, 6.45) is 2.95. The first kappa shape index (κ1) is 19.0. The predicted molar refractivity (Wildman–Crippen MR) is 94.8 cm³/mol. The Morgan fingerprint density at radius 2 is 2.00 bits per heavy atom. The third kappa shape index (κ3) is 3.65. The lowest BCUT2D eigenvalue weighted by Gasteiger charge is -2.70. The number of benzene rings is 1. The van der Waals surface area contributed by atoms with Crippen LogP contribution in [0.5, 0.6) is 5.75 Å². The first-order valence-electron chi connectivity index (χ1n) is 8.76. The van der Waals surface area contributed by atoms with Gasteiger partial charge in [-0.05, 0) is 43.2 Å². The molecule has 0 saturated heterocycles. The van der Waals surface area contributed by atoms with Gasteiger partial charge in [0.05, 0.1) is 16.9 Å². The fraction of sp³-hybridized carbons (Fsp3) is 0.421. The molecule has 5 rings (SSSR count). The zero-order chi connectivity index (χ0) is 19.9. The van der Waals surface area contributed by atoms with Crippen LogP contribution in [-0.4, -0.2) is 28.0 Å². The molecule has 1 aromatic heterocycles. The first-order valence-corrected chi connectivity index (χ1v) is 9.14. The molecule has 1 amide bonds. The number of alkyl halides is 2. The van der Waals surface area contributed by atoms with E-state index in [1.807, 2.05) is 0 Å². The average molecular weight is 412 g/mol. The first-order chi connectivity index (χ1) is 13.3. The highest BCUT2D eigenvalue weighted by molar-refractivity contribution is 6.30. The molecule has 1 heterocycles. The van der Waals surface area contributed by atoms with Crippen molar-refractivity contribution in [1.29, 1.82) is 0 Å². The van der Waals surface area contributed by atoms with E-state index in [2.05, 4.69) is 15.3 Å². The maximum Gasteiger partial charge on any atom is 0.281 e. The van der Waals surface area contributed by atoms with Gasteiger partial charge >= 0.3 is 0 Å². The standard InChI is InChI=1S/C19H17ClF3N3O2/c20-13-2-1-12(3-14(13)21)28-7-16(27)26-19-8-18(9-19,10-19)4-11-5-25-15(6-24-11)17(22)23/h1-3,5-6,17H,4,7-10H2,(H,26,27). The third-order valence-electron chi connectivity index (χ3n) is 5.31. The molecule has 3 saturated carbocycles. The Morgan fingerprint density at radius 1 is 1.25 bits per heavy atom. The van der Waals surface area contributed by atoms with E-state index in [0.29, 0.717) is 12.1 Å². The van der Waals surface area contributed by atoms with Crippen molar-refractivity contribution in [2.24, 2.45) is 5.41 Å². The number of amides is 1. The van der Waals surface area contributed by atoms with E-state index >= 15 is 0 Å². The maximum atomic E-state index is 13.4. The van der Waals surface area contributed by atoms with Crippen molar-refractivity contribution in [3.05, 3.63) is 52.8 Å². The number of hydrogen-bond acceptors (Lipinski definition) is 4. The van der Waals surface area contributed by atoms with Crippen LogP contribution in [0.4, 0.5) is 13.2 Å². The molecule has 0 unspecified atom stereocenters. The van der Waals surface area contributed by atoms with Crippen molar-refractivity contribution < 1.29 is 22.7 Å². The Morgan fingerprint density at radius 3 is 2.61 bits per heavy atom. The van der Waals surface area contributed by atoms with Gasteiger partial charge in [-0.25, -0.2) is 13.2 Å². The summed E-state index contributed by atoms with van der Waals surface area (Å²) >= 11 is 5.60. The number of aromatic nitrogens is 2.